The van der Waals surface area contributed by atoms with E-state index in [0.29, 0.717) is 11.0 Å². The van der Waals surface area contributed by atoms with Gasteiger partial charge in [-0.05, 0) is 62.5 Å². The lowest BCUT2D eigenvalue weighted by molar-refractivity contribution is 0.637. The minimum absolute atomic E-state index is 0.477. The van der Waals surface area contributed by atoms with Crippen molar-refractivity contribution in [1.29, 1.82) is 0 Å². The lowest BCUT2D eigenvalue weighted by Gasteiger charge is -2.22. The van der Waals surface area contributed by atoms with Gasteiger partial charge in [0.1, 0.15) is 0 Å². The number of para-hydroxylation sites is 1. The maximum Gasteiger partial charge on any atom is 0.191 e. The van der Waals surface area contributed by atoms with Gasteiger partial charge in [-0.1, -0.05) is 36.4 Å². The van der Waals surface area contributed by atoms with E-state index in [0.717, 1.165) is 24.2 Å². The van der Waals surface area contributed by atoms with Gasteiger partial charge < -0.3 is 5.32 Å². The Kier molecular flexibility index (Phi) is 5.28. The molecule has 1 aromatic carbocycles. The van der Waals surface area contributed by atoms with E-state index in [2.05, 4.69) is 42.3 Å². The fourth-order valence-corrected chi connectivity index (χ4v) is 2.39. The van der Waals surface area contributed by atoms with Crippen LogP contribution in [-0.2, 0) is 0 Å². The van der Waals surface area contributed by atoms with Crippen molar-refractivity contribution in [2.45, 2.75) is 26.7 Å². The summed E-state index contributed by atoms with van der Waals surface area (Å²) in [6.07, 6.45) is 4.18. The summed E-state index contributed by atoms with van der Waals surface area (Å²) in [7, 11) is 0. The van der Waals surface area contributed by atoms with Crippen molar-refractivity contribution < 1.29 is 0 Å². The van der Waals surface area contributed by atoms with Gasteiger partial charge in [-0.3, -0.25) is 5.43 Å². The lowest BCUT2D eigenvalue weighted by Crippen LogP contribution is -2.26. The minimum Gasteiger partial charge on any atom is -0.331 e. The van der Waals surface area contributed by atoms with Crippen LogP contribution in [0.25, 0.3) is 0 Å². The standard InChI is InChI=1S/C17H21N3S/c1-12(2)14-10-9-13(3)16(11-14)19-20-17(21)18-15-7-5-4-6-8-15/h4-9,14H,1,10-11H2,2-3H3,(H2,18,20,21)/b19-16-/t14-/m1/s1. The Balaban J connectivity index is 1.96. The van der Waals surface area contributed by atoms with E-state index in [1.54, 1.807) is 0 Å². The van der Waals surface area contributed by atoms with Gasteiger partial charge in [0.15, 0.2) is 5.11 Å². The van der Waals surface area contributed by atoms with Crippen LogP contribution in [-0.4, -0.2) is 10.8 Å². The SMILES string of the molecule is C=C(C)[C@@H]1CC=C(C)/C(=N\NC(=S)Nc2ccccc2)C1. The summed E-state index contributed by atoms with van der Waals surface area (Å²) in [5.74, 6) is 0.477. The number of allylic oxidation sites excluding steroid dienone is 3. The van der Waals surface area contributed by atoms with E-state index in [4.69, 9.17) is 12.2 Å². The topological polar surface area (TPSA) is 36.4 Å². The molecular weight excluding hydrogens is 278 g/mol. The Morgan fingerprint density at radius 2 is 2.05 bits per heavy atom. The molecule has 0 fully saturated rings. The average molecular weight is 299 g/mol. The highest BCUT2D eigenvalue weighted by molar-refractivity contribution is 7.80. The summed E-state index contributed by atoms with van der Waals surface area (Å²) in [5, 5.41) is 8.05. The van der Waals surface area contributed by atoms with Crippen LogP contribution in [0.5, 0.6) is 0 Å². The van der Waals surface area contributed by atoms with Crippen molar-refractivity contribution in [3.63, 3.8) is 0 Å². The van der Waals surface area contributed by atoms with Gasteiger partial charge in [0.2, 0.25) is 0 Å². The zero-order valence-electron chi connectivity index (χ0n) is 12.5. The van der Waals surface area contributed by atoms with Gasteiger partial charge in [0.05, 0.1) is 5.71 Å². The van der Waals surface area contributed by atoms with Crippen LogP contribution in [0, 0.1) is 5.92 Å². The summed E-state index contributed by atoms with van der Waals surface area (Å²) >= 11 is 5.26. The second-order valence-electron chi connectivity index (χ2n) is 5.36. The molecule has 0 radical (unpaired) electrons. The first-order valence-corrected chi connectivity index (χ1v) is 7.48. The molecule has 0 saturated heterocycles. The van der Waals surface area contributed by atoms with E-state index in [-0.39, 0.29) is 0 Å². The molecule has 0 spiro atoms. The highest BCUT2D eigenvalue weighted by Gasteiger charge is 2.18. The summed E-state index contributed by atoms with van der Waals surface area (Å²) in [6, 6.07) is 9.81. The third-order valence-electron chi connectivity index (χ3n) is 3.62. The average Bonchev–Trinajstić information content (AvgIpc) is 2.47. The first-order valence-electron chi connectivity index (χ1n) is 7.07. The molecule has 1 aromatic rings. The molecular formula is C17H21N3S. The van der Waals surface area contributed by atoms with Crippen molar-refractivity contribution in [3.05, 3.63) is 54.1 Å². The Labute approximate surface area is 131 Å². The molecule has 1 atom stereocenters. The van der Waals surface area contributed by atoms with E-state index in [9.17, 15) is 0 Å². The van der Waals surface area contributed by atoms with Crippen molar-refractivity contribution in [1.82, 2.24) is 5.43 Å². The van der Waals surface area contributed by atoms with Crippen LogP contribution in [0.15, 0.2) is 59.2 Å². The molecule has 0 saturated carbocycles. The van der Waals surface area contributed by atoms with Gasteiger partial charge in [-0.15, -0.1) is 0 Å². The zero-order chi connectivity index (χ0) is 15.2. The number of thiocarbonyl (C=S) groups is 1. The molecule has 1 aliphatic rings. The van der Waals surface area contributed by atoms with Gasteiger partial charge in [-0.25, -0.2) is 0 Å². The van der Waals surface area contributed by atoms with E-state index < -0.39 is 0 Å². The van der Waals surface area contributed by atoms with Crippen molar-refractivity contribution in [2.75, 3.05) is 5.32 Å². The molecule has 1 aliphatic carbocycles. The first kappa shape index (κ1) is 15.4. The Bertz CT molecular complexity index is 587. The maximum atomic E-state index is 5.26. The molecule has 0 unspecified atom stereocenters. The van der Waals surface area contributed by atoms with Gasteiger partial charge in [0.25, 0.3) is 0 Å². The first-order chi connectivity index (χ1) is 10.1. The molecule has 0 aromatic heterocycles. The quantitative estimate of drug-likeness (QED) is 0.497. The molecule has 0 heterocycles. The molecule has 3 nitrogen and oxygen atoms in total. The third-order valence-corrected chi connectivity index (χ3v) is 3.82. The van der Waals surface area contributed by atoms with E-state index in [1.807, 2.05) is 30.3 Å². The summed E-state index contributed by atoms with van der Waals surface area (Å²) < 4.78 is 0. The predicted molar refractivity (Wildman–Crippen MR) is 94.5 cm³/mol. The van der Waals surface area contributed by atoms with Crippen LogP contribution in [0.1, 0.15) is 26.7 Å². The van der Waals surface area contributed by atoms with Crippen molar-refractivity contribution >= 4 is 28.7 Å². The fourth-order valence-electron chi connectivity index (χ4n) is 2.22. The second kappa shape index (κ2) is 7.18. The Morgan fingerprint density at radius 1 is 1.33 bits per heavy atom. The number of hydrogen-bond donors (Lipinski definition) is 2. The molecule has 0 aliphatic heterocycles. The summed E-state index contributed by atoms with van der Waals surface area (Å²) in [6.45, 7) is 8.21. The molecule has 0 amide bonds. The van der Waals surface area contributed by atoms with Crippen molar-refractivity contribution in [2.24, 2.45) is 11.0 Å². The normalized spacial score (nSPS) is 19.8. The van der Waals surface area contributed by atoms with Crippen molar-refractivity contribution in [3.8, 4) is 0 Å². The maximum absolute atomic E-state index is 5.26. The summed E-state index contributed by atoms with van der Waals surface area (Å²) in [5.41, 5.74) is 7.34. The van der Waals surface area contributed by atoms with E-state index >= 15 is 0 Å². The highest BCUT2D eigenvalue weighted by Crippen LogP contribution is 2.26. The molecule has 2 rings (SSSR count). The second-order valence-corrected chi connectivity index (χ2v) is 5.77. The number of nitrogens with zero attached hydrogens (tertiary/aromatic N) is 1. The van der Waals surface area contributed by atoms with Gasteiger partial charge >= 0.3 is 0 Å². The lowest BCUT2D eigenvalue weighted by atomic mass is 9.85. The summed E-state index contributed by atoms with van der Waals surface area (Å²) in [4.78, 5) is 0. The van der Waals surface area contributed by atoms with Crippen LogP contribution in [0.2, 0.25) is 0 Å². The smallest absolute Gasteiger partial charge is 0.191 e. The number of nitrogens with one attached hydrogen (secondary N) is 2. The monoisotopic (exact) mass is 299 g/mol. The Hall–Kier alpha value is -1.94. The number of hydrogen-bond acceptors (Lipinski definition) is 2. The zero-order valence-corrected chi connectivity index (χ0v) is 13.3. The van der Waals surface area contributed by atoms with Crippen LogP contribution >= 0.6 is 12.2 Å². The number of rotatable bonds is 3. The highest BCUT2D eigenvalue weighted by atomic mass is 32.1. The number of hydrazone groups is 1. The van der Waals surface area contributed by atoms with Gasteiger partial charge in [0, 0.05) is 5.69 Å². The minimum atomic E-state index is 0.477. The Morgan fingerprint density at radius 3 is 2.71 bits per heavy atom. The van der Waals surface area contributed by atoms with E-state index in [1.165, 1.54) is 11.1 Å². The fraction of sp³-hybridized carbons (Fsp3) is 0.294. The third kappa shape index (κ3) is 4.53. The number of anilines is 1. The largest absolute Gasteiger partial charge is 0.331 e. The molecule has 110 valence electrons. The van der Waals surface area contributed by atoms with Crippen LogP contribution in [0.4, 0.5) is 5.69 Å². The number of benzene rings is 1. The molecule has 0 bridgehead atoms. The molecule has 21 heavy (non-hydrogen) atoms. The molecule has 4 heteroatoms. The predicted octanol–water partition coefficient (Wildman–Crippen LogP) is 4.26. The van der Waals surface area contributed by atoms with Crippen LogP contribution in [0.3, 0.4) is 0 Å². The van der Waals surface area contributed by atoms with Gasteiger partial charge in [-0.2, -0.15) is 5.10 Å². The molecule has 2 N–H and O–H groups in total. The van der Waals surface area contributed by atoms with Crippen LogP contribution < -0.4 is 10.7 Å².